The molecule has 0 aromatic carbocycles. The van der Waals surface area contributed by atoms with E-state index in [-0.39, 0.29) is 11.7 Å². The lowest BCUT2D eigenvalue weighted by Crippen LogP contribution is -2.13. The number of nitrogens with zero attached hydrogens (tertiary/aromatic N) is 5. The molecule has 1 saturated carbocycles. The summed E-state index contributed by atoms with van der Waals surface area (Å²) in [6, 6.07) is 0.285. The molecule has 0 atom stereocenters. The molecule has 2 aromatic heterocycles. The fraction of sp³-hybridized carbons (Fsp3) is 0.571. The molecule has 21 heavy (non-hydrogen) atoms. The van der Waals surface area contributed by atoms with Crippen LogP contribution in [0.2, 0.25) is 0 Å². The zero-order valence-electron chi connectivity index (χ0n) is 12.3. The van der Waals surface area contributed by atoms with Crippen molar-refractivity contribution in [1.29, 1.82) is 0 Å². The number of esters is 1. The first kappa shape index (κ1) is 13.8. The molecule has 1 aliphatic carbocycles. The summed E-state index contributed by atoms with van der Waals surface area (Å²) in [6.45, 7) is 2.09. The Labute approximate surface area is 122 Å². The average Bonchev–Trinajstić information content (AvgIpc) is 3.17. The van der Waals surface area contributed by atoms with E-state index in [4.69, 9.17) is 4.74 Å². The van der Waals surface area contributed by atoms with Gasteiger partial charge in [0.2, 0.25) is 5.69 Å². The lowest BCUT2D eigenvalue weighted by atomic mass is 10.2. The second-order valence-corrected chi connectivity index (χ2v) is 5.25. The zero-order chi connectivity index (χ0) is 14.8. The Hall–Kier alpha value is -2.18. The van der Waals surface area contributed by atoms with E-state index in [2.05, 4.69) is 15.3 Å². The smallest absolute Gasteiger partial charge is 0.361 e. The van der Waals surface area contributed by atoms with Crippen molar-refractivity contribution < 1.29 is 9.53 Å². The molecule has 2 aromatic rings. The molecule has 0 radical (unpaired) electrons. The Kier molecular flexibility index (Phi) is 3.72. The van der Waals surface area contributed by atoms with Crippen molar-refractivity contribution in [2.24, 2.45) is 7.05 Å². The van der Waals surface area contributed by atoms with Gasteiger partial charge in [-0.1, -0.05) is 18.1 Å². The third-order valence-corrected chi connectivity index (χ3v) is 3.87. The second kappa shape index (κ2) is 5.67. The number of carbonyl (C=O) groups is 1. The average molecular weight is 289 g/mol. The molecular weight excluding hydrogens is 270 g/mol. The van der Waals surface area contributed by atoms with Gasteiger partial charge >= 0.3 is 5.97 Å². The second-order valence-electron chi connectivity index (χ2n) is 5.25. The summed E-state index contributed by atoms with van der Waals surface area (Å²) in [4.78, 5) is 16.5. The van der Waals surface area contributed by atoms with Gasteiger partial charge in [0.15, 0.2) is 5.82 Å². The maximum Gasteiger partial charge on any atom is 0.361 e. The molecule has 0 saturated heterocycles. The first-order chi connectivity index (χ1) is 10.2. The van der Waals surface area contributed by atoms with Gasteiger partial charge in [-0.2, -0.15) is 0 Å². The predicted octanol–water partition coefficient (Wildman–Crippen LogP) is 1.97. The van der Waals surface area contributed by atoms with Crippen LogP contribution in [0.3, 0.4) is 0 Å². The molecular formula is C14H19N5O2. The van der Waals surface area contributed by atoms with Crippen molar-refractivity contribution in [3.8, 4) is 11.5 Å². The van der Waals surface area contributed by atoms with Crippen LogP contribution in [0.5, 0.6) is 0 Å². The van der Waals surface area contributed by atoms with E-state index in [1.165, 1.54) is 12.8 Å². The number of hydrogen-bond donors (Lipinski definition) is 0. The number of aryl methyl sites for hydroxylation is 1. The highest BCUT2D eigenvalue weighted by atomic mass is 16.5. The van der Waals surface area contributed by atoms with Crippen molar-refractivity contribution in [3.63, 3.8) is 0 Å². The van der Waals surface area contributed by atoms with Crippen LogP contribution >= 0.6 is 0 Å². The zero-order valence-corrected chi connectivity index (χ0v) is 12.3. The minimum Gasteiger partial charge on any atom is -0.461 e. The fourth-order valence-electron chi connectivity index (χ4n) is 2.84. The van der Waals surface area contributed by atoms with E-state index in [0.717, 1.165) is 12.8 Å². The number of imidazole rings is 1. The SMILES string of the molecule is CCOC(=O)c1nnn(C2CCCC2)c1-c1nccn1C. The summed E-state index contributed by atoms with van der Waals surface area (Å²) < 4.78 is 8.81. The molecule has 0 bridgehead atoms. The summed E-state index contributed by atoms with van der Waals surface area (Å²) in [7, 11) is 1.89. The Balaban J connectivity index is 2.09. The van der Waals surface area contributed by atoms with Gasteiger partial charge in [-0.25, -0.2) is 14.5 Å². The molecule has 0 unspecified atom stereocenters. The molecule has 0 N–H and O–H groups in total. The monoisotopic (exact) mass is 289 g/mol. The summed E-state index contributed by atoms with van der Waals surface area (Å²) >= 11 is 0. The van der Waals surface area contributed by atoms with Crippen LogP contribution in [-0.2, 0) is 11.8 Å². The number of ether oxygens (including phenoxy) is 1. The van der Waals surface area contributed by atoms with Crippen molar-refractivity contribution in [1.82, 2.24) is 24.5 Å². The van der Waals surface area contributed by atoms with Gasteiger partial charge < -0.3 is 9.30 Å². The normalized spacial score (nSPS) is 15.5. The first-order valence-corrected chi connectivity index (χ1v) is 7.32. The molecule has 0 aliphatic heterocycles. The highest BCUT2D eigenvalue weighted by molar-refractivity contribution is 5.93. The van der Waals surface area contributed by atoms with Gasteiger partial charge in [0.1, 0.15) is 5.69 Å². The molecule has 1 fully saturated rings. The molecule has 112 valence electrons. The Morgan fingerprint density at radius 2 is 2.19 bits per heavy atom. The van der Waals surface area contributed by atoms with Crippen LogP contribution in [0, 0.1) is 0 Å². The fourth-order valence-corrected chi connectivity index (χ4v) is 2.84. The van der Waals surface area contributed by atoms with Crippen LogP contribution in [0.4, 0.5) is 0 Å². The molecule has 7 heteroatoms. The number of rotatable bonds is 4. The van der Waals surface area contributed by atoms with E-state index in [1.807, 2.05) is 22.5 Å². The molecule has 1 aliphatic rings. The summed E-state index contributed by atoms with van der Waals surface area (Å²) in [5, 5.41) is 8.27. The van der Waals surface area contributed by atoms with Gasteiger partial charge in [-0.3, -0.25) is 0 Å². The van der Waals surface area contributed by atoms with Crippen LogP contribution in [-0.4, -0.2) is 37.1 Å². The molecule has 3 rings (SSSR count). The standard InChI is InChI=1S/C14H19N5O2/c1-3-21-14(20)11-12(13-15-8-9-18(13)2)19(17-16-11)10-6-4-5-7-10/h8-10H,3-7H2,1-2H3. The lowest BCUT2D eigenvalue weighted by molar-refractivity contribution is 0.0520. The Morgan fingerprint density at radius 3 is 2.81 bits per heavy atom. The first-order valence-electron chi connectivity index (χ1n) is 7.32. The van der Waals surface area contributed by atoms with Crippen LogP contribution < -0.4 is 0 Å². The highest BCUT2D eigenvalue weighted by Gasteiger charge is 2.29. The summed E-state index contributed by atoms with van der Waals surface area (Å²) in [5.74, 6) is 0.245. The number of carbonyl (C=O) groups excluding carboxylic acids is 1. The Bertz CT molecular complexity index is 640. The van der Waals surface area contributed by atoms with E-state index >= 15 is 0 Å². The van der Waals surface area contributed by atoms with E-state index in [9.17, 15) is 4.79 Å². The molecule has 7 nitrogen and oxygen atoms in total. The maximum absolute atomic E-state index is 12.1. The quantitative estimate of drug-likeness (QED) is 0.804. The van der Waals surface area contributed by atoms with Crippen LogP contribution in [0.1, 0.15) is 49.1 Å². The number of aromatic nitrogens is 5. The number of hydrogen-bond acceptors (Lipinski definition) is 5. The summed E-state index contributed by atoms with van der Waals surface area (Å²) in [5.41, 5.74) is 0.908. The van der Waals surface area contributed by atoms with Gasteiger partial charge in [-0.05, 0) is 19.8 Å². The molecule has 0 amide bonds. The van der Waals surface area contributed by atoms with Crippen molar-refractivity contribution in [3.05, 3.63) is 18.1 Å². The third-order valence-electron chi connectivity index (χ3n) is 3.87. The van der Waals surface area contributed by atoms with Crippen molar-refractivity contribution >= 4 is 5.97 Å². The van der Waals surface area contributed by atoms with E-state index < -0.39 is 5.97 Å². The molecule has 2 heterocycles. The van der Waals surface area contributed by atoms with Gasteiger partial charge in [0.25, 0.3) is 0 Å². The van der Waals surface area contributed by atoms with Crippen molar-refractivity contribution in [2.45, 2.75) is 38.6 Å². The Morgan fingerprint density at radius 1 is 1.43 bits per heavy atom. The third kappa shape index (κ3) is 2.43. The van der Waals surface area contributed by atoms with Crippen LogP contribution in [0.25, 0.3) is 11.5 Å². The highest BCUT2D eigenvalue weighted by Crippen LogP contribution is 2.33. The largest absolute Gasteiger partial charge is 0.461 e. The topological polar surface area (TPSA) is 74.8 Å². The minimum absolute atomic E-state index is 0.248. The maximum atomic E-state index is 12.1. The van der Waals surface area contributed by atoms with Gasteiger partial charge in [-0.15, -0.1) is 5.10 Å². The van der Waals surface area contributed by atoms with E-state index in [1.54, 1.807) is 13.1 Å². The lowest BCUT2D eigenvalue weighted by Gasteiger charge is -2.13. The van der Waals surface area contributed by atoms with Gasteiger partial charge in [0.05, 0.1) is 12.6 Å². The van der Waals surface area contributed by atoms with Crippen LogP contribution in [0.15, 0.2) is 12.4 Å². The van der Waals surface area contributed by atoms with Crippen molar-refractivity contribution in [2.75, 3.05) is 6.61 Å². The predicted molar refractivity (Wildman–Crippen MR) is 75.7 cm³/mol. The molecule has 0 spiro atoms. The van der Waals surface area contributed by atoms with E-state index in [0.29, 0.717) is 18.1 Å². The van der Waals surface area contributed by atoms with Gasteiger partial charge in [0, 0.05) is 19.4 Å². The minimum atomic E-state index is -0.445. The summed E-state index contributed by atoms with van der Waals surface area (Å²) in [6.07, 6.45) is 8.02.